The number of ether oxygens (including phenoxy) is 1. The van der Waals surface area contributed by atoms with E-state index in [1.165, 1.54) is 23.9 Å². The van der Waals surface area contributed by atoms with Crippen LogP contribution in [0.4, 0.5) is 0 Å². The molecule has 6 nitrogen and oxygen atoms in total. The van der Waals surface area contributed by atoms with Gasteiger partial charge in [0.1, 0.15) is 0 Å². The molecule has 1 fully saturated rings. The van der Waals surface area contributed by atoms with Gasteiger partial charge >= 0.3 is 5.97 Å². The molecule has 0 radical (unpaired) electrons. The molecule has 0 saturated heterocycles. The minimum absolute atomic E-state index is 0.333. The molecule has 0 aliphatic heterocycles. The van der Waals surface area contributed by atoms with Crippen LogP contribution in [0, 0.1) is 12.8 Å². The number of hydrogen-bond acceptors (Lipinski definition) is 5. The summed E-state index contributed by atoms with van der Waals surface area (Å²) in [6.45, 7) is 2.22. The fourth-order valence-electron chi connectivity index (χ4n) is 2.99. The summed E-state index contributed by atoms with van der Waals surface area (Å²) >= 11 is 0. The average molecular weight is 326 g/mol. The number of aryl methyl sites for hydroxylation is 1. The molecule has 6 heteroatoms. The summed E-state index contributed by atoms with van der Waals surface area (Å²) in [5.74, 6) is 0.627. The second-order valence-corrected chi connectivity index (χ2v) is 6.18. The van der Waals surface area contributed by atoms with Gasteiger partial charge in [0.2, 0.25) is 0 Å². The van der Waals surface area contributed by atoms with Gasteiger partial charge < -0.3 is 4.74 Å². The second-order valence-electron chi connectivity index (χ2n) is 6.18. The molecule has 1 aliphatic rings. The summed E-state index contributed by atoms with van der Waals surface area (Å²) in [7, 11) is 0. The van der Waals surface area contributed by atoms with Crippen molar-refractivity contribution in [2.45, 2.75) is 39.0 Å². The number of aromatic nitrogens is 4. The summed E-state index contributed by atoms with van der Waals surface area (Å²) < 4.78 is 7.00. The van der Waals surface area contributed by atoms with Gasteiger partial charge in [0, 0.05) is 0 Å². The molecule has 2 aromatic rings. The Morgan fingerprint density at radius 3 is 2.67 bits per heavy atom. The molecule has 3 rings (SSSR count). The second kappa shape index (κ2) is 7.86. The lowest BCUT2D eigenvalue weighted by atomic mass is 9.90. The van der Waals surface area contributed by atoms with Crippen molar-refractivity contribution in [3.8, 4) is 0 Å². The summed E-state index contributed by atoms with van der Waals surface area (Å²) in [6, 6.07) is 9.62. The molecule has 1 aliphatic carbocycles. The van der Waals surface area contributed by atoms with E-state index in [1.807, 2.05) is 30.3 Å². The topological polar surface area (TPSA) is 69.9 Å². The maximum atomic E-state index is 12.6. The highest BCUT2D eigenvalue weighted by molar-refractivity contribution is 6.15. The monoisotopic (exact) mass is 326 g/mol. The molecule has 126 valence electrons. The van der Waals surface area contributed by atoms with E-state index in [0.29, 0.717) is 24.0 Å². The summed E-state index contributed by atoms with van der Waals surface area (Å²) in [5, 5.41) is 11.4. The Balaban J connectivity index is 1.78. The first-order chi connectivity index (χ1) is 11.7. The highest BCUT2D eigenvalue weighted by Crippen LogP contribution is 2.24. The predicted molar refractivity (Wildman–Crippen MR) is 90.7 cm³/mol. The van der Waals surface area contributed by atoms with Gasteiger partial charge in [0.25, 0.3) is 0 Å². The van der Waals surface area contributed by atoms with Crippen LogP contribution in [0.5, 0.6) is 0 Å². The molecule has 0 unspecified atom stereocenters. The molecule has 24 heavy (non-hydrogen) atoms. The molecule has 1 aromatic carbocycles. The van der Waals surface area contributed by atoms with Crippen molar-refractivity contribution in [2.24, 2.45) is 5.92 Å². The number of hydrogen-bond donors (Lipinski definition) is 0. The Labute approximate surface area is 141 Å². The van der Waals surface area contributed by atoms with Crippen LogP contribution in [0.15, 0.2) is 30.3 Å². The van der Waals surface area contributed by atoms with Gasteiger partial charge in [-0.1, -0.05) is 49.6 Å². The number of rotatable bonds is 5. The maximum absolute atomic E-state index is 12.6. The molecular formula is C18H22N4O2. The van der Waals surface area contributed by atoms with Crippen LogP contribution in [-0.2, 0) is 9.53 Å². The van der Waals surface area contributed by atoms with Gasteiger partial charge in [0.05, 0.1) is 6.61 Å². The molecule has 1 heterocycles. The van der Waals surface area contributed by atoms with Crippen molar-refractivity contribution >= 4 is 17.7 Å². The Morgan fingerprint density at radius 1 is 1.25 bits per heavy atom. The zero-order valence-corrected chi connectivity index (χ0v) is 13.9. The molecular weight excluding hydrogens is 304 g/mol. The third-order valence-corrected chi connectivity index (χ3v) is 4.34. The van der Waals surface area contributed by atoms with E-state index in [1.54, 1.807) is 13.0 Å². The summed E-state index contributed by atoms with van der Waals surface area (Å²) in [5.41, 5.74) is 1.23. The van der Waals surface area contributed by atoms with Gasteiger partial charge in [-0.05, 0) is 47.7 Å². The quantitative estimate of drug-likeness (QED) is 0.624. The van der Waals surface area contributed by atoms with Gasteiger partial charge in [-0.2, -0.15) is 4.68 Å². The number of carbonyl (C=O) groups is 1. The van der Waals surface area contributed by atoms with Crippen molar-refractivity contribution in [3.63, 3.8) is 0 Å². The maximum Gasteiger partial charge on any atom is 0.357 e. The fourth-order valence-corrected chi connectivity index (χ4v) is 2.99. The minimum atomic E-state index is -0.389. The highest BCUT2D eigenvalue weighted by atomic mass is 16.5. The Kier molecular flexibility index (Phi) is 5.36. The number of nitrogens with zero attached hydrogens (tertiary/aromatic N) is 4. The third-order valence-electron chi connectivity index (χ3n) is 4.34. The average Bonchev–Trinajstić information content (AvgIpc) is 3.05. The van der Waals surface area contributed by atoms with Crippen molar-refractivity contribution in [1.82, 2.24) is 20.2 Å². The van der Waals surface area contributed by atoms with Crippen molar-refractivity contribution in [1.29, 1.82) is 0 Å². The lowest BCUT2D eigenvalue weighted by Crippen LogP contribution is -2.20. The Morgan fingerprint density at radius 2 is 2.00 bits per heavy atom. The molecule has 1 saturated carbocycles. The van der Waals surface area contributed by atoms with Crippen LogP contribution >= 0.6 is 0 Å². The van der Waals surface area contributed by atoms with Crippen LogP contribution in [0.1, 0.15) is 43.5 Å². The standard InChI is InChI=1S/C18H22N4O2/c1-14-19-20-21-22(14)17(12-15-8-4-2-5-9-15)18(23)24-13-16-10-6-3-7-11-16/h2,4-5,8-9,12,16H,3,6-7,10-11,13H2,1H3/b17-12-. The van der Waals surface area contributed by atoms with Crippen LogP contribution in [0.2, 0.25) is 0 Å². The van der Waals surface area contributed by atoms with Crippen LogP contribution in [-0.4, -0.2) is 32.8 Å². The molecule has 0 atom stereocenters. The number of carbonyl (C=O) groups excluding carboxylic acids is 1. The minimum Gasteiger partial charge on any atom is -0.461 e. The van der Waals surface area contributed by atoms with Crippen molar-refractivity contribution in [3.05, 3.63) is 41.7 Å². The van der Waals surface area contributed by atoms with Crippen LogP contribution in [0.3, 0.4) is 0 Å². The molecule has 0 N–H and O–H groups in total. The fraction of sp³-hybridized carbons (Fsp3) is 0.444. The number of esters is 1. The lowest BCUT2D eigenvalue weighted by molar-refractivity contribution is -0.138. The highest BCUT2D eigenvalue weighted by Gasteiger charge is 2.20. The van der Waals surface area contributed by atoms with E-state index >= 15 is 0 Å². The molecule has 0 bridgehead atoms. The van der Waals surface area contributed by atoms with E-state index in [9.17, 15) is 4.79 Å². The third kappa shape index (κ3) is 4.07. The van der Waals surface area contributed by atoms with E-state index in [-0.39, 0.29) is 5.97 Å². The number of benzene rings is 1. The van der Waals surface area contributed by atoms with E-state index in [4.69, 9.17) is 4.74 Å². The van der Waals surface area contributed by atoms with E-state index < -0.39 is 0 Å². The molecule has 0 spiro atoms. The first-order valence-electron chi connectivity index (χ1n) is 8.43. The first kappa shape index (κ1) is 16.4. The molecule has 0 amide bonds. The predicted octanol–water partition coefficient (Wildman–Crippen LogP) is 3.10. The Hall–Kier alpha value is -2.50. The van der Waals surface area contributed by atoms with Gasteiger partial charge in [-0.3, -0.25) is 0 Å². The van der Waals surface area contributed by atoms with Crippen LogP contribution in [0.25, 0.3) is 11.8 Å². The first-order valence-corrected chi connectivity index (χ1v) is 8.43. The SMILES string of the molecule is Cc1nnnn1/C(=C\c1ccccc1)C(=O)OCC1CCCCC1. The van der Waals surface area contributed by atoms with E-state index in [0.717, 1.165) is 18.4 Å². The largest absolute Gasteiger partial charge is 0.461 e. The van der Waals surface area contributed by atoms with Crippen molar-refractivity contribution in [2.75, 3.05) is 6.61 Å². The van der Waals surface area contributed by atoms with Crippen molar-refractivity contribution < 1.29 is 9.53 Å². The zero-order valence-electron chi connectivity index (χ0n) is 13.9. The smallest absolute Gasteiger partial charge is 0.357 e. The van der Waals surface area contributed by atoms with Gasteiger partial charge in [-0.15, -0.1) is 5.10 Å². The van der Waals surface area contributed by atoms with Crippen LogP contribution < -0.4 is 0 Å². The van der Waals surface area contributed by atoms with Gasteiger partial charge in [0.15, 0.2) is 11.5 Å². The number of tetrazole rings is 1. The lowest BCUT2D eigenvalue weighted by Gasteiger charge is -2.21. The zero-order chi connectivity index (χ0) is 16.8. The van der Waals surface area contributed by atoms with Gasteiger partial charge in [-0.25, -0.2) is 4.79 Å². The summed E-state index contributed by atoms with van der Waals surface area (Å²) in [6.07, 6.45) is 7.76. The van der Waals surface area contributed by atoms with E-state index in [2.05, 4.69) is 15.5 Å². The molecule has 1 aromatic heterocycles. The summed E-state index contributed by atoms with van der Waals surface area (Å²) in [4.78, 5) is 12.6. The normalized spacial score (nSPS) is 16.1. The Bertz CT molecular complexity index is 703.